The number of likely N-dealkylation sites (tertiary alicyclic amines) is 1. The van der Waals surface area contributed by atoms with E-state index in [1.807, 2.05) is 0 Å². The summed E-state index contributed by atoms with van der Waals surface area (Å²) >= 11 is 0. The van der Waals surface area contributed by atoms with Gasteiger partial charge in [0.2, 0.25) is 5.91 Å². The summed E-state index contributed by atoms with van der Waals surface area (Å²) in [5, 5.41) is 2.43. The molecular formula is C14H18F2N3O2+. The lowest BCUT2D eigenvalue weighted by atomic mass is 9.96. The molecule has 2 amide bonds. The van der Waals surface area contributed by atoms with Gasteiger partial charge in [-0.15, -0.1) is 0 Å². The second-order valence-corrected chi connectivity index (χ2v) is 5.28. The number of quaternary nitrogens is 1. The molecule has 21 heavy (non-hydrogen) atoms. The van der Waals surface area contributed by atoms with Crippen LogP contribution in [0.5, 0.6) is 0 Å². The minimum atomic E-state index is -0.800. The molecule has 1 aliphatic rings. The fourth-order valence-corrected chi connectivity index (χ4v) is 2.50. The molecule has 1 fully saturated rings. The average Bonchev–Trinajstić information content (AvgIpc) is 2.42. The number of piperidine rings is 1. The molecule has 0 atom stereocenters. The van der Waals surface area contributed by atoms with Crippen LogP contribution in [0.2, 0.25) is 0 Å². The van der Waals surface area contributed by atoms with Gasteiger partial charge >= 0.3 is 0 Å². The van der Waals surface area contributed by atoms with Crippen LogP contribution in [0, 0.1) is 17.6 Å². The predicted molar refractivity (Wildman–Crippen MR) is 72.5 cm³/mol. The predicted octanol–water partition coefficient (Wildman–Crippen LogP) is -0.316. The van der Waals surface area contributed by atoms with Gasteiger partial charge < -0.3 is 16.0 Å². The number of anilines is 1. The van der Waals surface area contributed by atoms with E-state index in [0.29, 0.717) is 25.9 Å². The largest absolute Gasteiger partial charge is 0.369 e. The van der Waals surface area contributed by atoms with E-state index >= 15 is 0 Å². The minimum Gasteiger partial charge on any atom is -0.369 e. The first kappa shape index (κ1) is 15.4. The van der Waals surface area contributed by atoms with Crippen LogP contribution < -0.4 is 16.0 Å². The van der Waals surface area contributed by atoms with Gasteiger partial charge in [0.05, 0.1) is 18.8 Å². The smallest absolute Gasteiger partial charge is 0.279 e. The van der Waals surface area contributed by atoms with Crippen molar-refractivity contribution in [2.24, 2.45) is 11.7 Å². The summed E-state index contributed by atoms with van der Waals surface area (Å²) in [6.45, 7) is 1.53. The Labute approximate surface area is 121 Å². The highest BCUT2D eigenvalue weighted by Crippen LogP contribution is 2.14. The Balaban J connectivity index is 1.84. The third-order valence-electron chi connectivity index (χ3n) is 3.71. The molecular weight excluding hydrogens is 280 g/mol. The number of hydrogen-bond acceptors (Lipinski definition) is 2. The SMILES string of the molecule is NC(=O)C1CC[NH+](CC(=O)Nc2ccc(F)cc2F)CC1. The Morgan fingerprint density at radius 3 is 2.52 bits per heavy atom. The van der Waals surface area contributed by atoms with Gasteiger partial charge in [0.25, 0.3) is 5.91 Å². The first-order valence-corrected chi connectivity index (χ1v) is 6.83. The zero-order chi connectivity index (χ0) is 15.4. The van der Waals surface area contributed by atoms with Crippen LogP contribution in [0.4, 0.5) is 14.5 Å². The third kappa shape index (κ3) is 4.22. The Morgan fingerprint density at radius 1 is 1.29 bits per heavy atom. The van der Waals surface area contributed by atoms with Crippen molar-refractivity contribution in [1.29, 1.82) is 0 Å². The van der Waals surface area contributed by atoms with Crippen molar-refractivity contribution in [3.63, 3.8) is 0 Å². The zero-order valence-electron chi connectivity index (χ0n) is 11.5. The number of primary amides is 1. The lowest BCUT2D eigenvalue weighted by Crippen LogP contribution is -3.14. The normalized spacial score (nSPS) is 21.8. The fourth-order valence-electron chi connectivity index (χ4n) is 2.50. The first-order valence-electron chi connectivity index (χ1n) is 6.83. The Hall–Kier alpha value is -2.02. The first-order chi connectivity index (χ1) is 9.95. The molecule has 4 N–H and O–H groups in total. The van der Waals surface area contributed by atoms with Crippen LogP contribution in [0.25, 0.3) is 0 Å². The molecule has 1 heterocycles. The number of nitrogens with one attached hydrogen (secondary N) is 2. The molecule has 114 valence electrons. The summed E-state index contributed by atoms with van der Waals surface area (Å²) < 4.78 is 26.2. The number of halogens is 2. The summed E-state index contributed by atoms with van der Waals surface area (Å²) in [5.41, 5.74) is 5.21. The summed E-state index contributed by atoms with van der Waals surface area (Å²) in [6.07, 6.45) is 1.31. The summed E-state index contributed by atoms with van der Waals surface area (Å²) in [7, 11) is 0. The van der Waals surface area contributed by atoms with Crippen LogP contribution in [0.15, 0.2) is 18.2 Å². The molecule has 0 saturated carbocycles. The van der Waals surface area contributed by atoms with Crippen LogP contribution >= 0.6 is 0 Å². The van der Waals surface area contributed by atoms with Gasteiger partial charge in [0.15, 0.2) is 6.54 Å². The second kappa shape index (κ2) is 6.62. The molecule has 0 radical (unpaired) electrons. The van der Waals surface area contributed by atoms with E-state index in [9.17, 15) is 18.4 Å². The summed E-state index contributed by atoms with van der Waals surface area (Å²) in [5.74, 6) is -2.25. The molecule has 1 aromatic carbocycles. The lowest BCUT2D eigenvalue weighted by molar-refractivity contribution is -0.897. The highest BCUT2D eigenvalue weighted by molar-refractivity contribution is 5.91. The standard InChI is InChI=1S/C14H17F2N3O2/c15-10-1-2-12(11(16)7-10)18-13(20)8-19-5-3-9(4-6-19)14(17)21/h1-2,7,9H,3-6,8H2,(H2,17,21)(H,18,20)/p+1. The molecule has 1 saturated heterocycles. The monoisotopic (exact) mass is 298 g/mol. The maximum atomic E-state index is 13.4. The van der Waals surface area contributed by atoms with Crippen molar-refractivity contribution in [3.05, 3.63) is 29.8 Å². The number of nitrogens with two attached hydrogens (primary N) is 1. The molecule has 0 aliphatic carbocycles. The van der Waals surface area contributed by atoms with E-state index in [1.54, 1.807) is 0 Å². The molecule has 5 nitrogen and oxygen atoms in total. The van der Waals surface area contributed by atoms with Crippen molar-refractivity contribution in [2.45, 2.75) is 12.8 Å². The van der Waals surface area contributed by atoms with Crippen molar-refractivity contribution < 1.29 is 23.3 Å². The van der Waals surface area contributed by atoms with Crippen molar-refractivity contribution in [2.75, 3.05) is 25.0 Å². The van der Waals surface area contributed by atoms with E-state index in [0.717, 1.165) is 17.0 Å². The minimum absolute atomic E-state index is 0.0344. The van der Waals surface area contributed by atoms with Crippen LogP contribution in [-0.4, -0.2) is 31.4 Å². The lowest BCUT2D eigenvalue weighted by Gasteiger charge is -2.27. The van der Waals surface area contributed by atoms with Crippen molar-refractivity contribution >= 4 is 17.5 Å². The van der Waals surface area contributed by atoms with E-state index < -0.39 is 11.6 Å². The number of rotatable bonds is 4. The van der Waals surface area contributed by atoms with Gasteiger partial charge in [-0.25, -0.2) is 8.78 Å². The zero-order valence-corrected chi connectivity index (χ0v) is 11.5. The molecule has 0 bridgehead atoms. The van der Waals surface area contributed by atoms with Crippen LogP contribution in [0.1, 0.15) is 12.8 Å². The average molecular weight is 298 g/mol. The molecule has 1 aliphatic heterocycles. The second-order valence-electron chi connectivity index (χ2n) is 5.28. The van der Waals surface area contributed by atoms with Gasteiger partial charge in [-0.05, 0) is 12.1 Å². The summed E-state index contributed by atoms with van der Waals surface area (Å²) in [6, 6.07) is 3.00. The molecule has 0 unspecified atom stereocenters. The quantitative estimate of drug-likeness (QED) is 0.713. The van der Waals surface area contributed by atoms with E-state index in [2.05, 4.69) is 5.32 Å². The van der Waals surface area contributed by atoms with Crippen LogP contribution in [-0.2, 0) is 9.59 Å². The molecule has 2 rings (SSSR count). The maximum Gasteiger partial charge on any atom is 0.279 e. The van der Waals surface area contributed by atoms with Gasteiger partial charge in [-0.2, -0.15) is 0 Å². The number of carbonyl (C=O) groups is 2. The maximum absolute atomic E-state index is 13.4. The van der Waals surface area contributed by atoms with Gasteiger partial charge in [0.1, 0.15) is 11.6 Å². The highest BCUT2D eigenvalue weighted by atomic mass is 19.1. The topological polar surface area (TPSA) is 76.6 Å². The van der Waals surface area contributed by atoms with E-state index in [1.165, 1.54) is 6.07 Å². The Morgan fingerprint density at radius 2 is 1.95 bits per heavy atom. The van der Waals surface area contributed by atoms with E-state index in [4.69, 9.17) is 5.73 Å². The Bertz CT molecular complexity index is 543. The number of benzene rings is 1. The third-order valence-corrected chi connectivity index (χ3v) is 3.71. The molecule has 7 heteroatoms. The van der Waals surface area contributed by atoms with Crippen LogP contribution in [0.3, 0.4) is 0 Å². The fraction of sp³-hybridized carbons (Fsp3) is 0.429. The Kier molecular flexibility index (Phi) is 4.85. The number of hydrogen-bond donors (Lipinski definition) is 3. The molecule has 1 aromatic rings. The molecule has 0 aromatic heterocycles. The van der Waals surface area contributed by atoms with Crippen molar-refractivity contribution in [3.8, 4) is 0 Å². The van der Waals surface area contributed by atoms with Gasteiger partial charge in [0, 0.05) is 24.8 Å². The van der Waals surface area contributed by atoms with Gasteiger partial charge in [-0.3, -0.25) is 9.59 Å². The van der Waals surface area contributed by atoms with Gasteiger partial charge in [-0.1, -0.05) is 0 Å². The summed E-state index contributed by atoms with van der Waals surface area (Å²) in [4.78, 5) is 23.9. The number of amides is 2. The van der Waals surface area contributed by atoms with E-state index in [-0.39, 0.29) is 30.0 Å². The molecule has 0 spiro atoms. The highest BCUT2D eigenvalue weighted by Gasteiger charge is 2.27. The number of carbonyl (C=O) groups excluding carboxylic acids is 2. The van der Waals surface area contributed by atoms with Crippen molar-refractivity contribution in [1.82, 2.24) is 0 Å².